The van der Waals surface area contributed by atoms with E-state index in [9.17, 15) is 9.59 Å². The van der Waals surface area contributed by atoms with Crippen molar-refractivity contribution in [1.29, 1.82) is 0 Å². The van der Waals surface area contributed by atoms with Crippen LogP contribution in [0.1, 0.15) is 27.2 Å². The van der Waals surface area contributed by atoms with Gasteiger partial charge in [0.15, 0.2) is 6.61 Å². The zero-order valence-corrected chi connectivity index (χ0v) is 11.4. The summed E-state index contributed by atoms with van der Waals surface area (Å²) in [7, 11) is 0. The molecule has 0 aliphatic heterocycles. The fourth-order valence-electron chi connectivity index (χ4n) is 1.50. The molecule has 0 unspecified atom stereocenters. The van der Waals surface area contributed by atoms with Crippen LogP contribution >= 0.6 is 0 Å². The van der Waals surface area contributed by atoms with Gasteiger partial charge < -0.3 is 15.2 Å². The summed E-state index contributed by atoms with van der Waals surface area (Å²) in [6.07, 6.45) is 0.410. The first kappa shape index (κ1) is 15.0. The van der Waals surface area contributed by atoms with Crippen molar-refractivity contribution < 1.29 is 19.4 Å². The molecule has 1 aromatic carbocycles. The van der Waals surface area contributed by atoms with E-state index in [2.05, 4.69) is 5.32 Å². The van der Waals surface area contributed by atoms with Gasteiger partial charge in [0.25, 0.3) is 0 Å². The van der Waals surface area contributed by atoms with Gasteiger partial charge in [-0.2, -0.15) is 0 Å². The number of aliphatic carboxylic acids is 1. The highest BCUT2D eigenvalue weighted by atomic mass is 16.5. The molecule has 0 fully saturated rings. The van der Waals surface area contributed by atoms with E-state index in [4.69, 9.17) is 9.84 Å². The largest absolute Gasteiger partial charge is 0.482 e. The second kappa shape index (κ2) is 6.22. The summed E-state index contributed by atoms with van der Waals surface area (Å²) in [4.78, 5) is 22.2. The van der Waals surface area contributed by atoms with Crippen LogP contribution in [0.2, 0.25) is 0 Å². The molecular weight excluding hydrogens is 246 g/mol. The van der Waals surface area contributed by atoms with Crippen LogP contribution in [-0.4, -0.2) is 23.6 Å². The lowest BCUT2D eigenvalue weighted by Gasteiger charge is -2.17. The highest BCUT2D eigenvalue weighted by Gasteiger charge is 2.16. The van der Waals surface area contributed by atoms with Crippen LogP contribution in [0.3, 0.4) is 0 Å². The zero-order valence-electron chi connectivity index (χ0n) is 11.4. The molecule has 0 radical (unpaired) electrons. The van der Waals surface area contributed by atoms with E-state index in [0.29, 0.717) is 17.9 Å². The van der Waals surface area contributed by atoms with E-state index in [-0.39, 0.29) is 11.3 Å². The predicted octanol–water partition coefficient (Wildman–Crippen LogP) is 2.52. The SMILES string of the molecule is CC(C)(C)CC(=O)Nc1cccc(OCC(=O)O)c1. The Bertz CT molecular complexity index is 463. The summed E-state index contributed by atoms with van der Waals surface area (Å²) in [6, 6.07) is 6.67. The van der Waals surface area contributed by atoms with Gasteiger partial charge in [-0.25, -0.2) is 4.79 Å². The van der Waals surface area contributed by atoms with Crippen molar-refractivity contribution in [2.75, 3.05) is 11.9 Å². The van der Waals surface area contributed by atoms with Crippen molar-refractivity contribution >= 4 is 17.6 Å². The smallest absolute Gasteiger partial charge is 0.341 e. The fourth-order valence-corrected chi connectivity index (χ4v) is 1.50. The maximum atomic E-state index is 11.8. The third-order valence-electron chi connectivity index (χ3n) is 2.17. The van der Waals surface area contributed by atoms with Gasteiger partial charge in [-0.15, -0.1) is 0 Å². The number of carboxylic acids is 1. The maximum absolute atomic E-state index is 11.8. The van der Waals surface area contributed by atoms with Gasteiger partial charge in [0.1, 0.15) is 5.75 Å². The average molecular weight is 265 g/mol. The molecule has 0 aliphatic rings. The summed E-state index contributed by atoms with van der Waals surface area (Å²) in [5.41, 5.74) is 0.513. The molecule has 0 atom stereocenters. The first-order valence-electron chi connectivity index (χ1n) is 6.01. The zero-order chi connectivity index (χ0) is 14.5. The first-order valence-corrected chi connectivity index (χ1v) is 6.01. The van der Waals surface area contributed by atoms with Gasteiger partial charge in [-0.1, -0.05) is 26.8 Å². The highest BCUT2D eigenvalue weighted by Crippen LogP contribution is 2.21. The normalized spacial score (nSPS) is 10.9. The van der Waals surface area contributed by atoms with Crippen molar-refractivity contribution in [3.05, 3.63) is 24.3 Å². The molecule has 19 heavy (non-hydrogen) atoms. The topological polar surface area (TPSA) is 75.6 Å². The number of benzene rings is 1. The van der Waals surface area contributed by atoms with Crippen molar-refractivity contribution in [3.8, 4) is 5.75 Å². The number of nitrogens with one attached hydrogen (secondary N) is 1. The van der Waals surface area contributed by atoms with Gasteiger partial charge >= 0.3 is 5.97 Å². The van der Waals surface area contributed by atoms with E-state index >= 15 is 0 Å². The van der Waals surface area contributed by atoms with E-state index in [1.165, 1.54) is 0 Å². The van der Waals surface area contributed by atoms with Crippen LogP contribution in [0, 0.1) is 5.41 Å². The highest BCUT2D eigenvalue weighted by molar-refractivity contribution is 5.91. The van der Waals surface area contributed by atoms with E-state index in [1.54, 1.807) is 24.3 Å². The summed E-state index contributed by atoms with van der Waals surface area (Å²) >= 11 is 0. The lowest BCUT2D eigenvalue weighted by Crippen LogP contribution is -2.19. The molecule has 0 spiro atoms. The Kier molecular flexibility index (Phi) is 4.92. The van der Waals surface area contributed by atoms with Crippen LogP contribution < -0.4 is 10.1 Å². The quantitative estimate of drug-likeness (QED) is 0.857. The number of carboxylic acid groups (broad SMARTS) is 1. The monoisotopic (exact) mass is 265 g/mol. The number of hydrogen-bond acceptors (Lipinski definition) is 3. The van der Waals surface area contributed by atoms with E-state index in [1.807, 2.05) is 20.8 Å². The van der Waals surface area contributed by atoms with Gasteiger partial charge in [-0.05, 0) is 17.5 Å². The average Bonchev–Trinajstić information content (AvgIpc) is 2.24. The summed E-state index contributed by atoms with van der Waals surface area (Å²) in [6.45, 7) is 5.55. The minimum absolute atomic E-state index is 0.0807. The molecule has 1 amide bonds. The van der Waals surface area contributed by atoms with Crippen LogP contribution in [0.15, 0.2) is 24.3 Å². The lowest BCUT2D eigenvalue weighted by atomic mass is 9.92. The van der Waals surface area contributed by atoms with Crippen LogP contribution in [0.25, 0.3) is 0 Å². The minimum atomic E-state index is -1.04. The van der Waals surface area contributed by atoms with E-state index in [0.717, 1.165) is 0 Å². The summed E-state index contributed by atoms with van der Waals surface area (Å²) in [5.74, 6) is -0.707. The Morgan fingerprint density at radius 2 is 2.00 bits per heavy atom. The summed E-state index contributed by atoms with van der Waals surface area (Å²) < 4.78 is 5.04. The van der Waals surface area contributed by atoms with Gasteiger partial charge in [-0.3, -0.25) is 4.79 Å². The van der Waals surface area contributed by atoms with Crippen LogP contribution in [0.4, 0.5) is 5.69 Å². The molecule has 0 bridgehead atoms. The molecule has 0 heterocycles. The Balaban J connectivity index is 2.61. The number of anilines is 1. The second-order valence-electron chi connectivity index (χ2n) is 5.50. The third kappa shape index (κ3) is 6.45. The van der Waals surface area contributed by atoms with Crippen LogP contribution in [-0.2, 0) is 9.59 Å². The molecule has 2 N–H and O–H groups in total. The van der Waals surface area contributed by atoms with Crippen molar-refractivity contribution in [3.63, 3.8) is 0 Å². The molecule has 0 saturated carbocycles. The lowest BCUT2D eigenvalue weighted by molar-refractivity contribution is -0.139. The molecule has 5 heteroatoms. The molecule has 5 nitrogen and oxygen atoms in total. The third-order valence-corrected chi connectivity index (χ3v) is 2.17. The van der Waals surface area contributed by atoms with E-state index < -0.39 is 12.6 Å². The molecule has 1 rings (SSSR count). The Morgan fingerprint density at radius 1 is 1.32 bits per heavy atom. The predicted molar refractivity (Wildman–Crippen MR) is 72.3 cm³/mol. The Hall–Kier alpha value is -2.04. The first-order chi connectivity index (χ1) is 8.76. The molecular formula is C14H19NO4. The second-order valence-corrected chi connectivity index (χ2v) is 5.50. The molecule has 0 aromatic heterocycles. The number of ether oxygens (including phenoxy) is 1. The number of carbonyl (C=O) groups excluding carboxylic acids is 1. The number of carbonyl (C=O) groups is 2. The van der Waals surface area contributed by atoms with Gasteiger partial charge in [0.2, 0.25) is 5.91 Å². The molecule has 104 valence electrons. The minimum Gasteiger partial charge on any atom is -0.482 e. The van der Waals surface area contributed by atoms with Crippen molar-refractivity contribution in [2.45, 2.75) is 27.2 Å². The number of amides is 1. The molecule has 0 saturated heterocycles. The van der Waals surface area contributed by atoms with Crippen molar-refractivity contribution in [2.24, 2.45) is 5.41 Å². The maximum Gasteiger partial charge on any atom is 0.341 e. The summed E-state index contributed by atoms with van der Waals surface area (Å²) in [5, 5.41) is 11.3. The van der Waals surface area contributed by atoms with Gasteiger partial charge in [0, 0.05) is 18.2 Å². The Labute approximate surface area is 112 Å². The number of rotatable bonds is 5. The van der Waals surface area contributed by atoms with Gasteiger partial charge in [0.05, 0.1) is 0 Å². The molecule has 0 aliphatic carbocycles. The van der Waals surface area contributed by atoms with Crippen LogP contribution in [0.5, 0.6) is 5.75 Å². The standard InChI is InChI=1S/C14H19NO4/c1-14(2,3)8-12(16)15-10-5-4-6-11(7-10)19-9-13(17)18/h4-7H,8-9H2,1-3H3,(H,15,16)(H,17,18). The fraction of sp³-hybridized carbons (Fsp3) is 0.429. The molecule has 1 aromatic rings. The Morgan fingerprint density at radius 3 is 2.58 bits per heavy atom. The number of hydrogen-bond donors (Lipinski definition) is 2. The van der Waals surface area contributed by atoms with Crippen molar-refractivity contribution in [1.82, 2.24) is 0 Å².